The first-order chi connectivity index (χ1) is 35.2. The molecule has 0 N–H and O–H groups in total. The first-order valence-corrected chi connectivity index (χ1v) is 25.4. The Bertz CT molecular complexity index is 3720. The van der Waals surface area contributed by atoms with Gasteiger partial charge in [0.1, 0.15) is 0 Å². The van der Waals surface area contributed by atoms with E-state index in [0.29, 0.717) is 0 Å². The second kappa shape index (κ2) is 20.3. The summed E-state index contributed by atoms with van der Waals surface area (Å²) in [4.78, 5) is 18.9. The molecule has 12 aromatic rings. The zero-order chi connectivity index (χ0) is 51.9. The molecule has 0 atom stereocenters. The third kappa shape index (κ3) is 10.3. The molecule has 12 rings (SSSR count). The van der Waals surface area contributed by atoms with E-state index in [0.717, 1.165) is 77.7 Å². The summed E-state index contributed by atoms with van der Waals surface area (Å²) in [5.74, 6) is 0. The SMILES string of the molecule is CC(C)(C)c1cc(-n2[c-]ncc2)c2[n-]c3c(-n4[c-][n+](-c5ccccc5)cc4)cc(C(C)(C)C)cc3c2c1.CC(C)(C)c1cc(-n2[c-]ncc2)c2[n-]c3c(-n4[c-][n+](-c5ccccc5)cc4)cc(C(C)(C)C)cc3c2c1.[Pt].[Pt]. The van der Waals surface area contributed by atoms with E-state index in [9.17, 15) is 0 Å². The minimum absolute atomic E-state index is 0. The van der Waals surface area contributed by atoms with Crippen LogP contribution in [0.2, 0.25) is 0 Å². The molecule has 392 valence electrons. The molecule has 76 heavy (non-hydrogen) atoms. The fourth-order valence-corrected chi connectivity index (χ4v) is 9.55. The number of aromatic nitrogens is 10. The van der Waals surface area contributed by atoms with Gasteiger partial charge in [-0.05, 0) is 113 Å². The Morgan fingerprint density at radius 1 is 0.382 bits per heavy atom. The maximum atomic E-state index is 5.26. The van der Waals surface area contributed by atoms with Gasteiger partial charge in [-0.3, -0.25) is 18.3 Å². The zero-order valence-electron chi connectivity index (χ0n) is 45.1. The largest absolute Gasteiger partial charge is 0.666 e. The Kier molecular flexibility index (Phi) is 14.4. The Hall–Kier alpha value is -6.86. The number of para-hydroxylation sites is 2. The summed E-state index contributed by atoms with van der Waals surface area (Å²) in [6, 6.07) is 38.8. The Morgan fingerprint density at radius 2 is 0.671 bits per heavy atom. The molecule has 10 nitrogen and oxygen atoms in total. The van der Waals surface area contributed by atoms with Crippen LogP contribution in [0.3, 0.4) is 0 Å². The maximum absolute atomic E-state index is 5.26. The Balaban J connectivity index is 0.000000181. The van der Waals surface area contributed by atoms with Gasteiger partial charge in [0.25, 0.3) is 12.7 Å². The van der Waals surface area contributed by atoms with Gasteiger partial charge in [-0.1, -0.05) is 181 Å². The minimum Gasteiger partial charge on any atom is -0.666 e. The van der Waals surface area contributed by atoms with E-state index in [1.807, 2.05) is 79.5 Å². The molecule has 6 heterocycles. The van der Waals surface area contributed by atoms with Gasteiger partial charge in [0.2, 0.25) is 0 Å². The Morgan fingerprint density at radius 3 is 0.934 bits per heavy atom. The van der Waals surface area contributed by atoms with E-state index in [4.69, 9.17) is 9.97 Å². The molecule has 0 bridgehead atoms. The van der Waals surface area contributed by atoms with E-state index in [2.05, 4.69) is 213 Å². The van der Waals surface area contributed by atoms with E-state index in [1.165, 1.54) is 22.3 Å². The van der Waals surface area contributed by atoms with Gasteiger partial charge >= 0.3 is 0 Å². The van der Waals surface area contributed by atoms with Crippen molar-refractivity contribution in [1.82, 2.24) is 38.2 Å². The van der Waals surface area contributed by atoms with Gasteiger partial charge < -0.3 is 29.1 Å². The maximum Gasteiger partial charge on any atom is 0.268 e. The van der Waals surface area contributed by atoms with E-state index >= 15 is 0 Å². The van der Waals surface area contributed by atoms with Crippen molar-refractivity contribution in [3.63, 3.8) is 0 Å². The van der Waals surface area contributed by atoms with Gasteiger partial charge in [-0.25, -0.2) is 0 Å². The van der Waals surface area contributed by atoms with Gasteiger partial charge in [0.05, 0.1) is 22.7 Å². The van der Waals surface area contributed by atoms with Crippen LogP contribution in [0.4, 0.5) is 0 Å². The molecule has 0 aliphatic heterocycles. The molecular formula is C64H62N10Pt2-4. The molecule has 0 amide bonds. The number of rotatable bonds is 6. The minimum atomic E-state index is -0.0301. The van der Waals surface area contributed by atoms with Crippen LogP contribution in [0, 0.1) is 25.3 Å². The normalized spacial score (nSPS) is 12.3. The number of nitrogens with zero attached hydrogens (tertiary/aromatic N) is 10. The van der Waals surface area contributed by atoms with E-state index < -0.39 is 0 Å². The van der Waals surface area contributed by atoms with Crippen molar-refractivity contribution in [3.8, 4) is 34.1 Å². The molecule has 0 saturated heterocycles. The predicted octanol–water partition coefficient (Wildman–Crippen LogP) is 12.8. The van der Waals surface area contributed by atoms with Crippen LogP contribution < -0.4 is 19.1 Å². The third-order valence-corrected chi connectivity index (χ3v) is 14.0. The van der Waals surface area contributed by atoms with Gasteiger partial charge in [0, 0.05) is 79.6 Å². The predicted molar refractivity (Wildman–Crippen MR) is 296 cm³/mol. The summed E-state index contributed by atoms with van der Waals surface area (Å²) < 4.78 is 12.0. The van der Waals surface area contributed by atoms with Crippen molar-refractivity contribution in [2.45, 2.75) is 105 Å². The molecular weight excluding hydrogens is 1300 g/mol. The summed E-state index contributed by atoms with van der Waals surface area (Å²) in [6.07, 6.45) is 28.8. The van der Waals surface area contributed by atoms with Gasteiger partial charge in [-0.15, -0.1) is 22.1 Å². The topological polar surface area (TPSA) is 81.5 Å². The molecule has 0 saturated carbocycles. The summed E-state index contributed by atoms with van der Waals surface area (Å²) in [6.45, 7) is 27.0. The summed E-state index contributed by atoms with van der Waals surface area (Å²) >= 11 is 0. The second-order valence-corrected chi connectivity index (χ2v) is 23.5. The molecule has 0 aliphatic carbocycles. The number of benzene rings is 6. The van der Waals surface area contributed by atoms with Crippen LogP contribution in [0.5, 0.6) is 0 Å². The second-order valence-electron chi connectivity index (χ2n) is 23.5. The van der Waals surface area contributed by atoms with Crippen LogP contribution >= 0.6 is 0 Å². The van der Waals surface area contributed by atoms with Crippen molar-refractivity contribution >= 4 is 43.6 Å². The molecule has 0 spiro atoms. The number of imidazole rings is 4. The molecule has 0 unspecified atom stereocenters. The quantitative estimate of drug-likeness (QED) is 0.123. The van der Waals surface area contributed by atoms with Crippen molar-refractivity contribution in [2.24, 2.45) is 0 Å². The van der Waals surface area contributed by atoms with Gasteiger partial charge in [0.15, 0.2) is 0 Å². The number of hydrogen-bond acceptors (Lipinski definition) is 2. The van der Waals surface area contributed by atoms with Crippen molar-refractivity contribution in [2.75, 3.05) is 0 Å². The van der Waals surface area contributed by atoms with Crippen molar-refractivity contribution in [1.29, 1.82) is 0 Å². The first kappa shape index (κ1) is 53.9. The average molecular weight is 1360 g/mol. The zero-order valence-corrected chi connectivity index (χ0v) is 49.7. The molecule has 0 radical (unpaired) electrons. The average Bonchev–Trinajstić information content (AvgIpc) is 4.23. The van der Waals surface area contributed by atoms with Crippen molar-refractivity contribution < 1.29 is 51.3 Å². The standard InChI is InChI=1S/2C32H31N5.2Pt/c2*1-31(2,3)22-16-25-26-17-23(32(4,5)6)19-28(37-15-14-36(21-37)24-10-8-7-9-11-24)30(26)34-29(25)27(18-22)35-13-12-33-20-35;;/h2*7-19H,1-6H3;;/q2*-2;;. The smallest absolute Gasteiger partial charge is 0.268 e. The number of hydrogen-bond donors (Lipinski definition) is 0. The van der Waals surface area contributed by atoms with E-state index in [-0.39, 0.29) is 63.8 Å². The van der Waals surface area contributed by atoms with E-state index in [1.54, 1.807) is 12.4 Å². The van der Waals surface area contributed by atoms with Crippen LogP contribution in [-0.2, 0) is 63.8 Å². The fourth-order valence-electron chi connectivity index (χ4n) is 9.55. The number of fused-ring (bicyclic) bond motifs is 6. The van der Waals surface area contributed by atoms with Crippen LogP contribution in [0.15, 0.2) is 159 Å². The summed E-state index contributed by atoms with van der Waals surface area (Å²) in [5.41, 5.74) is 14.9. The van der Waals surface area contributed by atoms with Crippen LogP contribution in [0.25, 0.3) is 77.7 Å². The summed E-state index contributed by atoms with van der Waals surface area (Å²) in [7, 11) is 0. The van der Waals surface area contributed by atoms with Crippen molar-refractivity contribution in [3.05, 3.63) is 206 Å². The molecule has 6 aromatic heterocycles. The van der Waals surface area contributed by atoms with Crippen LogP contribution in [-0.4, -0.2) is 28.2 Å². The fraction of sp³-hybridized carbons (Fsp3) is 0.250. The Labute approximate surface area is 475 Å². The van der Waals surface area contributed by atoms with Gasteiger partial charge in [-0.2, -0.15) is 0 Å². The molecule has 0 fully saturated rings. The molecule has 6 aromatic carbocycles. The monoisotopic (exact) mass is 1360 g/mol. The first-order valence-electron chi connectivity index (χ1n) is 25.4. The molecule has 0 aliphatic rings. The summed E-state index contributed by atoms with van der Waals surface area (Å²) in [5, 5.41) is 4.60. The van der Waals surface area contributed by atoms with Crippen LogP contribution in [0.1, 0.15) is 105 Å². The molecule has 12 heteroatoms. The third-order valence-electron chi connectivity index (χ3n) is 14.0.